The first-order valence-corrected chi connectivity index (χ1v) is 9.47. The van der Waals surface area contributed by atoms with Crippen LogP contribution in [0.15, 0.2) is 29.2 Å². The summed E-state index contributed by atoms with van der Waals surface area (Å²) in [6, 6.07) is 6.48. The molecule has 1 heterocycles. The van der Waals surface area contributed by atoms with Crippen molar-refractivity contribution < 1.29 is 17.9 Å². The Morgan fingerprint density at radius 3 is 2.65 bits per heavy atom. The molecule has 1 atom stereocenters. The van der Waals surface area contributed by atoms with Crippen LogP contribution in [-0.4, -0.2) is 50.9 Å². The van der Waals surface area contributed by atoms with Gasteiger partial charge in [-0.25, -0.2) is 13.2 Å². The third-order valence-corrected chi connectivity index (χ3v) is 4.65. The Morgan fingerprint density at radius 1 is 1.35 bits per heavy atom. The van der Waals surface area contributed by atoms with E-state index in [1.807, 2.05) is 26.8 Å². The molecule has 1 fully saturated rings. The first-order chi connectivity index (χ1) is 10.6. The number of hydrogen-bond acceptors (Lipinski definition) is 5. The highest BCUT2D eigenvalue weighted by Crippen LogP contribution is 2.26. The smallest absolute Gasteiger partial charge is 0.410 e. The molecule has 0 bridgehead atoms. The van der Waals surface area contributed by atoms with Gasteiger partial charge < -0.3 is 10.1 Å². The number of piperazine rings is 1. The van der Waals surface area contributed by atoms with E-state index < -0.39 is 15.4 Å². The maximum absolute atomic E-state index is 12.4. The summed E-state index contributed by atoms with van der Waals surface area (Å²) in [4.78, 5) is 14.3. The lowest BCUT2D eigenvalue weighted by Gasteiger charge is -2.37. The van der Waals surface area contributed by atoms with Gasteiger partial charge in [-0.05, 0) is 38.5 Å². The Morgan fingerprint density at radius 2 is 2.04 bits per heavy atom. The Kier molecular flexibility index (Phi) is 5.01. The Labute approximate surface area is 137 Å². The summed E-state index contributed by atoms with van der Waals surface area (Å²) >= 11 is 0. The van der Waals surface area contributed by atoms with Crippen molar-refractivity contribution in [3.8, 4) is 0 Å². The molecule has 1 unspecified atom stereocenters. The fourth-order valence-electron chi connectivity index (χ4n) is 2.49. The highest BCUT2D eigenvalue weighted by Gasteiger charge is 2.31. The minimum atomic E-state index is -3.29. The SMILES string of the molecule is CC(C)(C)OC(=O)N1CCNCC1c1cccc(S(C)(=O)=O)c1. The summed E-state index contributed by atoms with van der Waals surface area (Å²) in [6.07, 6.45) is 0.797. The Bertz CT molecular complexity index is 680. The average molecular weight is 340 g/mol. The van der Waals surface area contributed by atoms with Crippen LogP contribution in [0.1, 0.15) is 32.4 Å². The summed E-state index contributed by atoms with van der Waals surface area (Å²) in [5.74, 6) is 0. The number of nitrogens with one attached hydrogen (secondary N) is 1. The van der Waals surface area contributed by atoms with Crippen molar-refractivity contribution in [1.29, 1.82) is 0 Å². The number of carbonyl (C=O) groups excluding carboxylic acids is 1. The van der Waals surface area contributed by atoms with Crippen LogP contribution in [0.25, 0.3) is 0 Å². The quantitative estimate of drug-likeness (QED) is 0.891. The van der Waals surface area contributed by atoms with Gasteiger partial charge in [-0.15, -0.1) is 0 Å². The lowest BCUT2D eigenvalue weighted by atomic mass is 10.0. The zero-order valence-corrected chi connectivity index (χ0v) is 14.8. The molecule has 1 aromatic rings. The third kappa shape index (κ3) is 4.68. The van der Waals surface area contributed by atoms with E-state index in [0.29, 0.717) is 19.6 Å². The highest BCUT2D eigenvalue weighted by atomic mass is 32.2. The van der Waals surface area contributed by atoms with Gasteiger partial charge in [0, 0.05) is 25.9 Å². The molecule has 1 aliphatic heterocycles. The van der Waals surface area contributed by atoms with E-state index in [1.165, 1.54) is 6.26 Å². The number of amides is 1. The molecule has 0 aliphatic carbocycles. The summed E-state index contributed by atoms with van der Waals surface area (Å²) in [6.45, 7) is 7.24. The largest absolute Gasteiger partial charge is 0.444 e. The predicted molar refractivity (Wildman–Crippen MR) is 88.1 cm³/mol. The Hall–Kier alpha value is -1.60. The monoisotopic (exact) mass is 340 g/mol. The molecular formula is C16H24N2O4S. The van der Waals surface area contributed by atoms with Crippen molar-refractivity contribution in [3.63, 3.8) is 0 Å². The summed E-state index contributed by atoms with van der Waals surface area (Å²) in [5.41, 5.74) is 0.215. The molecule has 0 saturated carbocycles. The second kappa shape index (κ2) is 6.49. The van der Waals surface area contributed by atoms with E-state index in [0.717, 1.165) is 5.56 Å². The van der Waals surface area contributed by atoms with Crippen molar-refractivity contribution in [1.82, 2.24) is 10.2 Å². The van der Waals surface area contributed by atoms with E-state index in [2.05, 4.69) is 5.32 Å². The van der Waals surface area contributed by atoms with Crippen LogP contribution in [-0.2, 0) is 14.6 Å². The van der Waals surface area contributed by atoms with Gasteiger partial charge in [0.15, 0.2) is 9.84 Å². The maximum atomic E-state index is 12.4. The minimum absolute atomic E-state index is 0.250. The third-order valence-electron chi connectivity index (χ3n) is 3.54. The van der Waals surface area contributed by atoms with Crippen LogP contribution < -0.4 is 5.32 Å². The number of hydrogen-bond donors (Lipinski definition) is 1. The van der Waals surface area contributed by atoms with Crippen molar-refractivity contribution in [2.75, 3.05) is 25.9 Å². The number of rotatable bonds is 2. The molecule has 1 N–H and O–H groups in total. The second-order valence-corrected chi connectivity index (χ2v) is 8.75. The molecule has 7 heteroatoms. The topological polar surface area (TPSA) is 75.7 Å². The minimum Gasteiger partial charge on any atom is -0.444 e. The lowest BCUT2D eigenvalue weighted by Crippen LogP contribution is -2.50. The molecule has 2 rings (SSSR count). The molecule has 0 aromatic heterocycles. The van der Waals surface area contributed by atoms with Crippen molar-refractivity contribution in [2.45, 2.75) is 37.3 Å². The number of nitrogens with zero attached hydrogens (tertiary/aromatic N) is 1. The molecule has 6 nitrogen and oxygen atoms in total. The average Bonchev–Trinajstić information content (AvgIpc) is 2.45. The van der Waals surface area contributed by atoms with E-state index in [-0.39, 0.29) is 17.0 Å². The van der Waals surface area contributed by atoms with E-state index in [9.17, 15) is 13.2 Å². The number of carbonyl (C=O) groups is 1. The maximum Gasteiger partial charge on any atom is 0.410 e. The van der Waals surface area contributed by atoms with E-state index in [1.54, 1.807) is 23.1 Å². The molecule has 1 aromatic carbocycles. The van der Waals surface area contributed by atoms with Crippen LogP contribution in [0, 0.1) is 0 Å². The van der Waals surface area contributed by atoms with Crippen molar-refractivity contribution >= 4 is 15.9 Å². The van der Waals surface area contributed by atoms with Gasteiger partial charge >= 0.3 is 6.09 Å². The molecule has 128 valence electrons. The molecular weight excluding hydrogens is 316 g/mol. The van der Waals surface area contributed by atoms with Crippen LogP contribution >= 0.6 is 0 Å². The van der Waals surface area contributed by atoms with Gasteiger partial charge in [-0.1, -0.05) is 12.1 Å². The second-order valence-electron chi connectivity index (χ2n) is 6.74. The molecule has 23 heavy (non-hydrogen) atoms. The fraction of sp³-hybridized carbons (Fsp3) is 0.562. The first kappa shape index (κ1) is 17.7. The molecule has 0 radical (unpaired) electrons. The highest BCUT2D eigenvalue weighted by molar-refractivity contribution is 7.90. The number of sulfone groups is 1. The van der Waals surface area contributed by atoms with Gasteiger partial charge in [0.1, 0.15) is 5.60 Å². The first-order valence-electron chi connectivity index (χ1n) is 7.58. The summed E-state index contributed by atoms with van der Waals surface area (Å²) in [7, 11) is -3.29. The van der Waals surface area contributed by atoms with Crippen molar-refractivity contribution in [2.24, 2.45) is 0 Å². The van der Waals surface area contributed by atoms with Gasteiger partial charge in [-0.2, -0.15) is 0 Å². The standard InChI is InChI=1S/C16H24N2O4S/c1-16(2,3)22-15(19)18-9-8-17-11-14(18)12-6-5-7-13(10-12)23(4,20)21/h5-7,10,14,17H,8-9,11H2,1-4H3. The van der Waals surface area contributed by atoms with Gasteiger partial charge in [0.2, 0.25) is 0 Å². The van der Waals surface area contributed by atoms with Crippen LogP contribution in [0.3, 0.4) is 0 Å². The Balaban J connectivity index is 2.30. The zero-order chi connectivity index (χ0) is 17.3. The van der Waals surface area contributed by atoms with Crippen molar-refractivity contribution in [3.05, 3.63) is 29.8 Å². The molecule has 1 amide bonds. The molecule has 1 aliphatic rings. The summed E-state index contributed by atoms with van der Waals surface area (Å²) < 4.78 is 29.0. The lowest BCUT2D eigenvalue weighted by molar-refractivity contribution is 0.0118. The fourth-order valence-corrected chi connectivity index (χ4v) is 3.17. The number of benzene rings is 1. The molecule has 0 spiro atoms. The van der Waals surface area contributed by atoms with E-state index in [4.69, 9.17) is 4.74 Å². The summed E-state index contributed by atoms with van der Waals surface area (Å²) in [5, 5.41) is 3.24. The van der Waals surface area contributed by atoms with E-state index >= 15 is 0 Å². The van der Waals surface area contributed by atoms with Crippen LogP contribution in [0.5, 0.6) is 0 Å². The normalized spacial score (nSPS) is 19.5. The zero-order valence-electron chi connectivity index (χ0n) is 14.0. The van der Waals surface area contributed by atoms with Gasteiger partial charge in [-0.3, -0.25) is 4.90 Å². The van der Waals surface area contributed by atoms with Crippen LogP contribution in [0.2, 0.25) is 0 Å². The predicted octanol–water partition coefficient (Wildman–Crippen LogP) is 1.97. The molecule has 1 saturated heterocycles. The van der Waals surface area contributed by atoms with Gasteiger partial charge in [0.05, 0.1) is 10.9 Å². The van der Waals surface area contributed by atoms with Crippen LogP contribution in [0.4, 0.5) is 4.79 Å². The number of ether oxygens (including phenoxy) is 1. The van der Waals surface area contributed by atoms with Gasteiger partial charge in [0.25, 0.3) is 0 Å².